The Morgan fingerprint density at radius 1 is 1.05 bits per heavy atom. The van der Waals surface area contributed by atoms with E-state index in [1.165, 1.54) is 18.2 Å². The highest BCUT2D eigenvalue weighted by Gasteiger charge is 2.52. The molecule has 0 spiro atoms. The molecule has 0 bridgehead atoms. The Bertz CT molecular complexity index is 1480. The van der Waals surface area contributed by atoms with Crippen molar-refractivity contribution in [3.8, 4) is 0 Å². The summed E-state index contributed by atoms with van der Waals surface area (Å²) in [7, 11) is 0. The van der Waals surface area contributed by atoms with Crippen molar-refractivity contribution in [3.05, 3.63) is 93.7 Å². The number of nitrogens with one attached hydrogen (secondary N) is 2. The fraction of sp³-hybridized carbons (Fsp3) is 0.323. The number of anilines is 2. The second-order valence-corrected chi connectivity index (χ2v) is 11.5. The van der Waals surface area contributed by atoms with Gasteiger partial charge in [-0.1, -0.05) is 41.4 Å². The van der Waals surface area contributed by atoms with Crippen molar-refractivity contribution in [1.82, 2.24) is 10.4 Å². The van der Waals surface area contributed by atoms with Gasteiger partial charge in [0.2, 0.25) is 11.8 Å². The molecule has 42 heavy (non-hydrogen) atoms. The maximum Gasteiger partial charge on any atom is 0.274 e. The molecular formula is C31H31Cl2FN4O4. The van der Waals surface area contributed by atoms with Gasteiger partial charge in [-0.05, 0) is 79.8 Å². The van der Waals surface area contributed by atoms with Crippen LogP contribution in [0.3, 0.4) is 0 Å². The maximum atomic E-state index is 15.7. The monoisotopic (exact) mass is 612 g/mol. The summed E-state index contributed by atoms with van der Waals surface area (Å²) in [4.78, 5) is 43.7. The molecule has 1 saturated carbocycles. The van der Waals surface area contributed by atoms with E-state index >= 15 is 4.39 Å². The molecule has 3 aromatic carbocycles. The largest absolute Gasteiger partial charge is 0.325 e. The van der Waals surface area contributed by atoms with E-state index in [0.29, 0.717) is 35.4 Å². The maximum absolute atomic E-state index is 15.7. The van der Waals surface area contributed by atoms with E-state index in [-0.39, 0.29) is 34.5 Å². The first-order valence-electron chi connectivity index (χ1n) is 13.8. The number of carbonyl (C=O) groups is 3. The summed E-state index contributed by atoms with van der Waals surface area (Å²) in [5, 5.41) is 12.3. The Balaban J connectivity index is 1.54. The van der Waals surface area contributed by atoms with E-state index < -0.39 is 29.6 Å². The van der Waals surface area contributed by atoms with Gasteiger partial charge in [0.15, 0.2) is 0 Å². The first-order chi connectivity index (χ1) is 20.2. The van der Waals surface area contributed by atoms with Gasteiger partial charge >= 0.3 is 0 Å². The fourth-order valence-corrected chi connectivity index (χ4v) is 6.15. The molecule has 0 aromatic heterocycles. The summed E-state index contributed by atoms with van der Waals surface area (Å²) < 4.78 is 15.7. The third-order valence-electron chi connectivity index (χ3n) is 7.93. The Kier molecular flexibility index (Phi) is 9.13. The van der Waals surface area contributed by atoms with Gasteiger partial charge in [0, 0.05) is 47.5 Å². The molecule has 1 aliphatic heterocycles. The molecule has 1 unspecified atom stereocenters. The number of halogens is 3. The first kappa shape index (κ1) is 30.0. The molecule has 11 heteroatoms. The molecule has 3 atom stereocenters. The number of carbonyl (C=O) groups excluding carboxylic acids is 3. The second-order valence-electron chi connectivity index (χ2n) is 10.7. The number of hydrogen-bond acceptors (Lipinski definition) is 5. The van der Waals surface area contributed by atoms with Crippen molar-refractivity contribution in [2.75, 3.05) is 29.9 Å². The van der Waals surface area contributed by atoms with Crippen LogP contribution in [0.25, 0.3) is 0 Å². The fourth-order valence-electron chi connectivity index (χ4n) is 5.78. The highest BCUT2D eigenvalue weighted by molar-refractivity contribution is 6.31. The number of likely N-dealkylation sites (tertiary alicyclic amines) is 1. The van der Waals surface area contributed by atoms with Crippen LogP contribution in [0, 0.1) is 17.7 Å². The van der Waals surface area contributed by atoms with Crippen LogP contribution in [0.15, 0.2) is 66.7 Å². The number of hydrogen-bond donors (Lipinski definition) is 3. The van der Waals surface area contributed by atoms with Crippen LogP contribution in [0.1, 0.15) is 41.6 Å². The minimum Gasteiger partial charge on any atom is -0.325 e. The van der Waals surface area contributed by atoms with E-state index in [0.717, 1.165) is 12.8 Å². The molecule has 3 N–H and O–H groups in total. The van der Waals surface area contributed by atoms with Crippen LogP contribution in [0.4, 0.5) is 15.8 Å². The molecule has 220 valence electrons. The number of nitrogens with zero attached hydrogens (tertiary/aromatic N) is 2. The van der Waals surface area contributed by atoms with Gasteiger partial charge in [0.1, 0.15) is 5.82 Å². The topological polar surface area (TPSA) is 102 Å². The van der Waals surface area contributed by atoms with E-state index in [2.05, 4.69) is 5.32 Å². The van der Waals surface area contributed by atoms with E-state index in [1.807, 2.05) is 11.8 Å². The normalized spacial score (nSPS) is 20.3. The van der Waals surface area contributed by atoms with Crippen molar-refractivity contribution in [1.29, 1.82) is 0 Å². The minimum atomic E-state index is -0.846. The standard InChI is InChI=1S/C31H31Cl2FN4O4/c1-2-38(22-13-11-19(12-14-22)29(39)36-42)31(41)24-17-37(16-18-9-10-18)28(26(24)23-7-4-8-25(33)27(23)34)30(40)35-21-6-3-5-20(32)15-21/h3-8,11-15,18,24,26,28,42H,2,9-10,16-17H2,1H3,(H,35,40)(H,36,39)/t24-,26+,28?/m1/s1. The third-order valence-corrected chi connectivity index (χ3v) is 8.46. The lowest BCUT2D eigenvalue weighted by atomic mass is 9.82. The zero-order chi connectivity index (χ0) is 30.0. The number of rotatable bonds is 9. The van der Waals surface area contributed by atoms with Crippen LogP contribution < -0.4 is 15.7 Å². The van der Waals surface area contributed by atoms with Gasteiger partial charge < -0.3 is 10.2 Å². The lowest BCUT2D eigenvalue weighted by Crippen LogP contribution is -2.44. The Morgan fingerprint density at radius 3 is 2.40 bits per heavy atom. The molecule has 2 fully saturated rings. The lowest BCUT2D eigenvalue weighted by Gasteiger charge is -2.30. The molecule has 1 aliphatic carbocycles. The van der Waals surface area contributed by atoms with Crippen LogP contribution in [-0.4, -0.2) is 53.5 Å². The highest BCUT2D eigenvalue weighted by atomic mass is 35.5. The van der Waals surface area contributed by atoms with Crippen molar-refractivity contribution >= 4 is 52.3 Å². The summed E-state index contributed by atoms with van der Waals surface area (Å²) in [6, 6.07) is 16.8. The van der Waals surface area contributed by atoms with Gasteiger partial charge in [0.05, 0.1) is 17.0 Å². The first-order valence-corrected chi connectivity index (χ1v) is 14.6. The molecule has 8 nitrogen and oxygen atoms in total. The SMILES string of the molecule is CCN(C(=O)[C@@H]1CN(CC2CC2)C(C(=O)Nc2cccc(Cl)c2)[C@H]1c1cccc(Cl)c1F)c1ccc(C(=O)NO)cc1. The van der Waals surface area contributed by atoms with Gasteiger partial charge in [-0.15, -0.1) is 0 Å². The quantitative estimate of drug-likeness (QED) is 0.211. The molecular weight excluding hydrogens is 582 g/mol. The predicted octanol–water partition coefficient (Wildman–Crippen LogP) is 5.74. The Labute approximate surface area is 253 Å². The van der Waals surface area contributed by atoms with E-state index in [4.69, 9.17) is 28.4 Å². The summed E-state index contributed by atoms with van der Waals surface area (Å²) in [5.41, 5.74) is 3.05. The number of hydroxylamine groups is 1. The van der Waals surface area contributed by atoms with Crippen molar-refractivity contribution in [2.45, 2.75) is 31.7 Å². The zero-order valence-corrected chi connectivity index (χ0v) is 24.4. The van der Waals surface area contributed by atoms with Crippen molar-refractivity contribution in [2.24, 2.45) is 11.8 Å². The van der Waals surface area contributed by atoms with Crippen molar-refractivity contribution in [3.63, 3.8) is 0 Å². The Hall–Kier alpha value is -3.50. The van der Waals surface area contributed by atoms with Gasteiger partial charge in [-0.2, -0.15) is 0 Å². The van der Waals surface area contributed by atoms with E-state index in [9.17, 15) is 14.4 Å². The minimum absolute atomic E-state index is 0.0848. The number of benzene rings is 3. The predicted molar refractivity (Wildman–Crippen MR) is 160 cm³/mol. The molecule has 3 aromatic rings. The zero-order valence-electron chi connectivity index (χ0n) is 22.9. The summed E-state index contributed by atoms with van der Waals surface area (Å²) in [6.07, 6.45) is 2.06. The summed E-state index contributed by atoms with van der Waals surface area (Å²) in [6.45, 7) is 2.98. The van der Waals surface area contributed by atoms with Crippen molar-refractivity contribution < 1.29 is 24.0 Å². The molecule has 1 heterocycles. The molecule has 0 radical (unpaired) electrons. The van der Waals surface area contributed by atoms with Gasteiger partial charge in [-0.3, -0.25) is 24.5 Å². The van der Waals surface area contributed by atoms with Crippen LogP contribution in [-0.2, 0) is 9.59 Å². The van der Waals surface area contributed by atoms with Crippen LogP contribution >= 0.6 is 23.2 Å². The van der Waals surface area contributed by atoms with Gasteiger partial charge in [-0.25, -0.2) is 9.87 Å². The molecule has 3 amide bonds. The van der Waals surface area contributed by atoms with Crippen LogP contribution in [0.2, 0.25) is 10.0 Å². The molecule has 1 saturated heterocycles. The third kappa shape index (κ3) is 6.29. The second kappa shape index (κ2) is 12.8. The lowest BCUT2D eigenvalue weighted by molar-refractivity contribution is -0.122. The Morgan fingerprint density at radius 2 is 1.76 bits per heavy atom. The average molecular weight is 614 g/mol. The molecule has 2 aliphatic rings. The number of amides is 3. The van der Waals surface area contributed by atoms with Gasteiger partial charge in [0.25, 0.3) is 5.91 Å². The van der Waals surface area contributed by atoms with E-state index in [1.54, 1.807) is 58.9 Å². The van der Waals surface area contributed by atoms with Crippen LogP contribution in [0.5, 0.6) is 0 Å². The summed E-state index contributed by atoms with van der Waals surface area (Å²) in [5.74, 6) is -3.17. The molecule has 5 rings (SSSR count). The smallest absolute Gasteiger partial charge is 0.274 e. The average Bonchev–Trinajstić information content (AvgIpc) is 3.72. The summed E-state index contributed by atoms with van der Waals surface area (Å²) >= 11 is 12.4. The highest BCUT2D eigenvalue weighted by Crippen LogP contribution is 2.44.